The Labute approximate surface area is 71.8 Å². The molecule has 0 rings (SSSR count). The molecule has 70 valence electrons. The molecule has 4 heteroatoms. The highest BCUT2D eigenvalue weighted by Crippen LogP contribution is 1.93. The van der Waals surface area contributed by atoms with E-state index in [9.17, 15) is 9.59 Å². The van der Waals surface area contributed by atoms with Crippen LogP contribution in [0.3, 0.4) is 0 Å². The molecule has 0 unspecified atom stereocenters. The molecule has 0 amide bonds. The summed E-state index contributed by atoms with van der Waals surface area (Å²) in [6.45, 7) is 3.77. The van der Waals surface area contributed by atoms with Crippen molar-refractivity contribution in [2.45, 2.75) is 26.7 Å². The molecule has 0 aliphatic carbocycles. The van der Waals surface area contributed by atoms with Crippen molar-refractivity contribution < 1.29 is 19.1 Å². The predicted molar refractivity (Wildman–Crippen MR) is 42.5 cm³/mol. The fourth-order valence-electron chi connectivity index (χ4n) is 0.666. The summed E-state index contributed by atoms with van der Waals surface area (Å²) in [5.41, 5.74) is 0. The minimum absolute atomic E-state index is 0.246. The summed E-state index contributed by atoms with van der Waals surface area (Å²) in [5.74, 6) is -0.566. The second-order valence-corrected chi connectivity index (χ2v) is 2.25. The zero-order chi connectivity index (χ0) is 9.40. The molecule has 0 aromatic carbocycles. The van der Waals surface area contributed by atoms with Crippen molar-refractivity contribution in [3.05, 3.63) is 0 Å². The average molecular weight is 174 g/mol. The number of carbonyl (C=O) groups is 2. The molecule has 0 fully saturated rings. The lowest BCUT2D eigenvalue weighted by molar-refractivity contribution is -0.146. The van der Waals surface area contributed by atoms with Gasteiger partial charge >= 0.3 is 11.9 Å². The van der Waals surface area contributed by atoms with Gasteiger partial charge in [0.15, 0.2) is 0 Å². The SMILES string of the molecule is CCOC(=O)CCCOC(C)=O. The Kier molecular flexibility index (Phi) is 6.05. The molecule has 0 heterocycles. The third-order valence-corrected chi connectivity index (χ3v) is 1.14. The Morgan fingerprint density at radius 3 is 2.42 bits per heavy atom. The lowest BCUT2D eigenvalue weighted by Gasteiger charge is -2.01. The van der Waals surface area contributed by atoms with E-state index >= 15 is 0 Å². The van der Waals surface area contributed by atoms with Crippen molar-refractivity contribution in [3.8, 4) is 0 Å². The van der Waals surface area contributed by atoms with E-state index in [2.05, 4.69) is 9.47 Å². The average Bonchev–Trinajstić information content (AvgIpc) is 1.98. The molecule has 0 aromatic heterocycles. The molecule has 4 nitrogen and oxygen atoms in total. The molecule has 0 bridgehead atoms. The maximum absolute atomic E-state index is 10.7. The summed E-state index contributed by atoms with van der Waals surface area (Å²) in [6.07, 6.45) is 0.833. The number of hydrogen-bond acceptors (Lipinski definition) is 4. The summed E-state index contributed by atoms with van der Waals surface area (Å²) in [7, 11) is 0. The molecule has 0 aliphatic heterocycles. The van der Waals surface area contributed by atoms with Crippen LogP contribution in [0, 0.1) is 0 Å². The van der Waals surface area contributed by atoms with Crippen LogP contribution in [0.5, 0.6) is 0 Å². The third-order valence-electron chi connectivity index (χ3n) is 1.14. The monoisotopic (exact) mass is 174 g/mol. The Morgan fingerprint density at radius 1 is 1.25 bits per heavy atom. The van der Waals surface area contributed by atoms with Gasteiger partial charge in [-0.05, 0) is 13.3 Å². The quantitative estimate of drug-likeness (QED) is 0.459. The van der Waals surface area contributed by atoms with Gasteiger partial charge in [-0.2, -0.15) is 0 Å². The maximum Gasteiger partial charge on any atom is 0.305 e. The molecule has 0 N–H and O–H groups in total. The number of rotatable bonds is 5. The lowest BCUT2D eigenvalue weighted by Crippen LogP contribution is -2.07. The number of ether oxygens (including phenoxy) is 2. The van der Waals surface area contributed by atoms with Gasteiger partial charge in [-0.25, -0.2) is 0 Å². The Morgan fingerprint density at radius 2 is 1.92 bits per heavy atom. The second-order valence-electron chi connectivity index (χ2n) is 2.25. The summed E-state index contributed by atoms with van der Waals surface area (Å²) >= 11 is 0. The standard InChI is InChI=1S/C8H14O4/c1-3-11-8(10)5-4-6-12-7(2)9/h3-6H2,1-2H3. The van der Waals surface area contributed by atoms with Gasteiger partial charge in [0.25, 0.3) is 0 Å². The Balaban J connectivity index is 3.19. The largest absolute Gasteiger partial charge is 0.466 e. The first kappa shape index (κ1) is 10.9. The van der Waals surface area contributed by atoms with Gasteiger partial charge in [0.1, 0.15) is 0 Å². The van der Waals surface area contributed by atoms with Gasteiger partial charge in [-0.1, -0.05) is 0 Å². The van der Waals surface area contributed by atoms with Gasteiger partial charge in [-0.3, -0.25) is 9.59 Å². The van der Waals surface area contributed by atoms with Crippen molar-refractivity contribution in [2.75, 3.05) is 13.2 Å². The molecule has 0 radical (unpaired) electrons. The van der Waals surface area contributed by atoms with E-state index in [0.29, 0.717) is 19.4 Å². The Hall–Kier alpha value is -1.06. The molecule has 0 aliphatic rings. The van der Waals surface area contributed by atoms with Crippen LogP contribution in [0.1, 0.15) is 26.7 Å². The van der Waals surface area contributed by atoms with Crippen LogP contribution in [0.4, 0.5) is 0 Å². The topological polar surface area (TPSA) is 52.6 Å². The molecule has 12 heavy (non-hydrogen) atoms. The van der Waals surface area contributed by atoms with Crippen LogP contribution >= 0.6 is 0 Å². The van der Waals surface area contributed by atoms with Crippen molar-refractivity contribution >= 4 is 11.9 Å². The van der Waals surface area contributed by atoms with Crippen LogP contribution in [-0.2, 0) is 19.1 Å². The predicted octanol–water partition coefficient (Wildman–Crippen LogP) is 0.893. The van der Waals surface area contributed by atoms with Crippen LogP contribution in [0.15, 0.2) is 0 Å². The van der Waals surface area contributed by atoms with E-state index in [-0.39, 0.29) is 18.5 Å². The number of carbonyl (C=O) groups excluding carboxylic acids is 2. The molecular formula is C8H14O4. The van der Waals surface area contributed by atoms with E-state index in [0.717, 1.165) is 0 Å². The second kappa shape index (κ2) is 6.64. The lowest BCUT2D eigenvalue weighted by atomic mass is 10.3. The summed E-state index contributed by atoms with van der Waals surface area (Å²) in [4.78, 5) is 21.0. The summed E-state index contributed by atoms with van der Waals surface area (Å²) < 4.78 is 9.29. The van der Waals surface area contributed by atoms with E-state index in [1.54, 1.807) is 6.92 Å². The molecule has 0 atom stereocenters. The van der Waals surface area contributed by atoms with Gasteiger partial charge in [0.2, 0.25) is 0 Å². The molecular weight excluding hydrogens is 160 g/mol. The highest BCUT2D eigenvalue weighted by Gasteiger charge is 2.01. The molecule has 0 saturated heterocycles. The van der Waals surface area contributed by atoms with Crippen LogP contribution in [0.25, 0.3) is 0 Å². The van der Waals surface area contributed by atoms with Gasteiger partial charge in [0, 0.05) is 13.3 Å². The van der Waals surface area contributed by atoms with Crippen molar-refractivity contribution in [1.82, 2.24) is 0 Å². The summed E-state index contributed by atoms with van der Waals surface area (Å²) in [5, 5.41) is 0. The number of esters is 2. The first-order valence-electron chi connectivity index (χ1n) is 3.95. The minimum atomic E-state index is -0.321. The van der Waals surface area contributed by atoms with E-state index in [4.69, 9.17) is 0 Å². The zero-order valence-corrected chi connectivity index (χ0v) is 7.46. The van der Waals surface area contributed by atoms with Crippen molar-refractivity contribution in [3.63, 3.8) is 0 Å². The highest BCUT2D eigenvalue weighted by molar-refractivity contribution is 5.69. The van der Waals surface area contributed by atoms with Crippen molar-refractivity contribution in [2.24, 2.45) is 0 Å². The Bertz CT molecular complexity index is 153. The minimum Gasteiger partial charge on any atom is -0.466 e. The van der Waals surface area contributed by atoms with Gasteiger partial charge < -0.3 is 9.47 Å². The van der Waals surface area contributed by atoms with Gasteiger partial charge in [0.05, 0.1) is 13.2 Å². The first-order valence-corrected chi connectivity index (χ1v) is 3.95. The molecule has 0 saturated carbocycles. The normalized spacial score (nSPS) is 9.17. The van der Waals surface area contributed by atoms with Crippen molar-refractivity contribution in [1.29, 1.82) is 0 Å². The zero-order valence-electron chi connectivity index (χ0n) is 7.46. The van der Waals surface area contributed by atoms with E-state index in [1.807, 2.05) is 0 Å². The smallest absolute Gasteiger partial charge is 0.305 e. The van der Waals surface area contributed by atoms with Crippen LogP contribution < -0.4 is 0 Å². The van der Waals surface area contributed by atoms with Gasteiger partial charge in [-0.15, -0.1) is 0 Å². The number of hydrogen-bond donors (Lipinski definition) is 0. The fourth-order valence-corrected chi connectivity index (χ4v) is 0.666. The molecule has 0 aromatic rings. The fraction of sp³-hybridized carbons (Fsp3) is 0.750. The summed E-state index contributed by atoms with van der Waals surface area (Å²) in [6, 6.07) is 0. The van der Waals surface area contributed by atoms with E-state index in [1.165, 1.54) is 6.92 Å². The molecule has 0 spiro atoms. The third kappa shape index (κ3) is 7.05. The van der Waals surface area contributed by atoms with E-state index < -0.39 is 0 Å². The van der Waals surface area contributed by atoms with Crippen LogP contribution in [-0.4, -0.2) is 25.2 Å². The maximum atomic E-state index is 10.7. The van der Waals surface area contributed by atoms with Crippen LogP contribution in [0.2, 0.25) is 0 Å². The highest BCUT2D eigenvalue weighted by atomic mass is 16.5. The first-order chi connectivity index (χ1) is 5.66.